The van der Waals surface area contributed by atoms with Crippen molar-refractivity contribution in [2.45, 2.75) is 19.3 Å². The molecule has 1 fully saturated rings. The van der Waals surface area contributed by atoms with Gasteiger partial charge in [0, 0.05) is 50.4 Å². The number of methoxy groups -OCH3 is 1. The quantitative estimate of drug-likeness (QED) is 0.713. The highest BCUT2D eigenvalue weighted by molar-refractivity contribution is 5.94. The molecule has 146 valence electrons. The minimum Gasteiger partial charge on any atom is -0.497 e. The van der Waals surface area contributed by atoms with Gasteiger partial charge in [0.15, 0.2) is 0 Å². The van der Waals surface area contributed by atoms with Gasteiger partial charge in [-0.05, 0) is 49.2 Å². The molecule has 0 unspecified atom stereocenters. The van der Waals surface area contributed by atoms with Gasteiger partial charge in [0.2, 0.25) is 0 Å². The molecule has 2 heterocycles. The fourth-order valence-electron chi connectivity index (χ4n) is 3.67. The highest BCUT2D eigenvalue weighted by Crippen LogP contribution is 2.21. The van der Waals surface area contributed by atoms with E-state index in [1.54, 1.807) is 12.0 Å². The predicted octanol–water partition coefficient (Wildman–Crippen LogP) is 3.49. The molecule has 1 amide bonds. The highest BCUT2D eigenvalue weighted by atomic mass is 16.5. The second-order valence-electron chi connectivity index (χ2n) is 7.28. The molecule has 4 rings (SSSR count). The molecule has 0 bridgehead atoms. The van der Waals surface area contributed by atoms with Crippen molar-refractivity contribution >= 4 is 22.6 Å². The highest BCUT2D eigenvalue weighted by Gasteiger charge is 2.15. The number of imidazole rings is 1. The molecule has 0 saturated carbocycles. The standard InChI is InChI=1S/C22H26N4O2/c1-25(14-11-21-23-19-10-9-18(28-2)15-20(19)24-21)22(27)16-5-7-17(8-6-16)26-12-3-4-13-26/h5-10,15H,3-4,11-14H2,1-2H3,(H,23,24). The van der Waals surface area contributed by atoms with Gasteiger partial charge in [0.05, 0.1) is 18.1 Å². The number of benzene rings is 2. The first-order valence-electron chi connectivity index (χ1n) is 9.77. The summed E-state index contributed by atoms with van der Waals surface area (Å²) in [6, 6.07) is 13.7. The summed E-state index contributed by atoms with van der Waals surface area (Å²) in [7, 11) is 3.49. The number of H-pyrrole nitrogens is 1. The van der Waals surface area contributed by atoms with E-state index in [0.717, 1.165) is 41.3 Å². The predicted molar refractivity (Wildman–Crippen MR) is 111 cm³/mol. The second kappa shape index (κ2) is 7.92. The van der Waals surface area contributed by atoms with E-state index in [-0.39, 0.29) is 5.91 Å². The summed E-state index contributed by atoms with van der Waals surface area (Å²) in [5.74, 6) is 1.70. The number of aromatic amines is 1. The number of likely N-dealkylation sites (N-methyl/N-ethyl adjacent to an activating group) is 1. The number of nitrogens with one attached hydrogen (secondary N) is 1. The van der Waals surface area contributed by atoms with Crippen LogP contribution in [0.1, 0.15) is 29.0 Å². The van der Waals surface area contributed by atoms with Crippen molar-refractivity contribution in [3.8, 4) is 5.75 Å². The van der Waals surface area contributed by atoms with Crippen molar-refractivity contribution in [2.24, 2.45) is 0 Å². The summed E-state index contributed by atoms with van der Waals surface area (Å²) >= 11 is 0. The third-order valence-corrected chi connectivity index (χ3v) is 5.35. The topological polar surface area (TPSA) is 61.5 Å². The normalized spacial score (nSPS) is 13.9. The van der Waals surface area contributed by atoms with Gasteiger partial charge in [-0.3, -0.25) is 4.79 Å². The number of carbonyl (C=O) groups excluding carboxylic acids is 1. The Kier molecular flexibility index (Phi) is 5.19. The molecular formula is C22H26N4O2. The molecule has 0 aliphatic carbocycles. The van der Waals surface area contributed by atoms with Gasteiger partial charge in [0.1, 0.15) is 11.6 Å². The monoisotopic (exact) mass is 378 g/mol. The Morgan fingerprint density at radius 3 is 2.64 bits per heavy atom. The first kappa shape index (κ1) is 18.3. The van der Waals surface area contributed by atoms with Crippen LogP contribution in [0.5, 0.6) is 5.75 Å². The van der Waals surface area contributed by atoms with Crippen molar-refractivity contribution < 1.29 is 9.53 Å². The minimum absolute atomic E-state index is 0.0331. The van der Waals surface area contributed by atoms with Crippen LogP contribution in [0.2, 0.25) is 0 Å². The van der Waals surface area contributed by atoms with E-state index in [2.05, 4.69) is 27.0 Å². The zero-order valence-corrected chi connectivity index (χ0v) is 16.4. The molecule has 0 radical (unpaired) electrons. The summed E-state index contributed by atoms with van der Waals surface area (Å²) in [5, 5.41) is 0. The van der Waals surface area contributed by atoms with Gasteiger partial charge < -0.3 is 19.5 Å². The lowest BCUT2D eigenvalue weighted by atomic mass is 10.1. The van der Waals surface area contributed by atoms with E-state index < -0.39 is 0 Å². The lowest BCUT2D eigenvalue weighted by Gasteiger charge is -2.19. The number of aromatic nitrogens is 2. The Hall–Kier alpha value is -3.02. The molecular weight excluding hydrogens is 352 g/mol. The Morgan fingerprint density at radius 1 is 1.18 bits per heavy atom. The SMILES string of the molecule is COc1ccc2nc(CCN(C)C(=O)c3ccc(N4CCCC4)cc3)[nH]c2c1. The number of hydrogen-bond acceptors (Lipinski definition) is 4. The lowest BCUT2D eigenvalue weighted by Crippen LogP contribution is -2.29. The maximum absolute atomic E-state index is 12.7. The number of ether oxygens (including phenoxy) is 1. The summed E-state index contributed by atoms with van der Waals surface area (Å²) in [5.41, 5.74) is 3.78. The van der Waals surface area contributed by atoms with Crippen LogP contribution in [0.15, 0.2) is 42.5 Å². The average Bonchev–Trinajstić information content (AvgIpc) is 3.40. The first-order chi connectivity index (χ1) is 13.6. The minimum atomic E-state index is 0.0331. The van der Waals surface area contributed by atoms with E-state index in [9.17, 15) is 4.79 Å². The zero-order valence-electron chi connectivity index (χ0n) is 16.4. The molecule has 1 saturated heterocycles. The summed E-state index contributed by atoms with van der Waals surface area (Å²) < 4.78 is 5.25. The van der Waals surface area contributed by atoms with Crippen LogP contribution >= 0.6 is 0 Å². The molecule has 0 spiro atoms. The average molecular weight is 378 g/mol. The molecule has 1 N–H and O–H groups in total. The number of carbonyl (C=O) groups is 1. The number of fused-ring (bicyclic) bond motifs is 1. The number of amides is 1. The van der Waals surface area contributed by atoms with E-state index in [4.69, 9.17) is 4.74 Å². The van der Waals surface area contributed by atoms with Crippen LogP contribution in [0, 0.1) is 0 Å². The van der Waals surface area contributed by atoms with Gasteiger partial charge in [-0.1, -0.05) is 0 Å². The van der Waals surface area contributed by atoms with Gasteiger partial charge in [-0.15, -0.1) is 0 Å². The van der Waals surface area contributed by atoms with Crippen molar-refractivity contribution in [1.82, 2.24) is 14.9 Å². The molecule has 6 heteroatoms. The lowest BCUT2D eigenvalue weighted by molar-refractivity contribution is 0.0796. The van der Waals surface area contributed by atoms with E-state index in [1.165, 1.54) is 18.5 Å². The fourth-order valence-corrected chi connectivity index (χ4v) is 3.67. The molecule has 0 atom stereocenters. The van der Waals surface area contributed by atoms with E-state index in [1.807, 2.05) is 37.4 Å². The zero-order chi connectivity index (χ0) is 19.5. The van der Waals surface area contributed by atoms with Crippen LogP contribution in [-0.2, 0) is 6.42 Å². The number of hydrogen-bond donors (Lipinski definition) is 1. The van der Waals surface area contributed by atoms with Gasteiger partial charge in [-0.25, -0.2) is 4.98 Å². The Bertz CT molecular complexity index is 958. The molecule has 3 aromatic rings. The van der Waals surface area contributed by atoms with Gasteiger partial charge in [0.25, 0.3) is 5.91 Å². The largest absolute Gasteiger partial charge is 0.497 e. The number of rotatable bonds is 6. The molecule has 28 heavy (non-hydrogen) atoms. The van der Waals surface area contributed by atoms with Crippen LogP contribution in [0.3, 0.4) is 0 Å². The van der Waals surface area contributed by atoms with Crippen LogP contribution in [0.4, 0.5) is 5.69 Å². The maximum Gasteiger partial charge on any atom is 0.253 e. The van der Waals surface area contributed by atoms with Crippen LogP contribution < -0.4 is 9.64 Å². The van der Waals surface area contributed by atoms with Crippen molar-refractivity contribution in [3.05, 3.63) is 53.9 Å². The number of nitrogens with zero attached hydrogens (tertiary/aromatic N) is 3. The molecule has 1 aliphatic rings. The summed E-state index contributed by atoms with van der Waals surface area (Å²) in [6.45, 7) is 2.82. The first-order valence-corrected chi connectivity index (χ1v) is 9.77. The molecule has 2 aromatic carbocycles. The molecule has 6 nitrogen and oxygen atoms in total. The Balaban J connectivity index is 1.37. The second-order valence-corrected chi connectivity index (χ2v) is 7.28. The molecule has 1 aliphatic heterocycles. The maximum atomic E-state index is 12.7. The third-order valence-electron chi connectivity index (χ3n) is 5.35. The van der Waals surface area contributed by atoms with Crippen LogP contribution in [-0.4, -0.2) is 54.6 Å². The smallest absolute Gasteiger partial charge is 0.253 e. The third kappa shape index (κ3) is 3.81. The van der Waals surface area contributed by atoms with Gasteiger partial charge >= 0.3 is 0 Å². The van der Waals surface area contributed by atoms with Gasteiger partial charge in [-0.2, -0.15) is 0 Å². The number of anilines is 1. The Morgan fingerprint density at radius 2 is 1.93 bits per heavy atom. The van der Waals surface area contributed by atoms with Crippen LogP contribution in [0.25, 0.3) is 11.0 Å². The van der Waals surface area contributed by atoms with E-state index >= 15 is 0 Å². The van der Waals surface area contributed by atoms with Crippen molar-refractivity contribution in [3.63, 3.8) is 0 Å². The van der Waals surface area contributed by atoms with E-state index in [0.29, 0.717) is 13.0 Å². The Labute approximate surface area is 165 Å². The van der Waals surface area contributed by atoms with Crippen molar-refractivity contribution in [2.75, 3.05) is 38.7 Å². The molecule has 1 aromatic heterocycles. The fraction of sp³-hybridized carbons (Fsp3) is 0.364. The van der Waals surface area contributed by atoms with Crippen molar-refractivity contribution in [1.29, 1.82) is 0 Å². The summed E-state index contributed by atoms with van der Waals surface area (Å²) in [6.07, 6.45) is 3.17. The summed E-state index contributed by atoms with van der Waals surface area (Å²) in [4.78, 5) is 24.7.